The molecule has 1 fully saturated rings. The summed E-state index contributed by atoms with van der Waals surface area (Å²) in [6, 6.07) is 10.6. The molecule has 0 spiro atoms. The van der Waals surface area contributed by atoms with E-state index in [-0.39, 0.29) is 11.9 Å². The zero-order valence-corrected chi connectivity index (χ0v) is 14.9. The maximum atomic E-state index is 12.3. The second-order valence-electron chi connectivity index (χ2n) is 6.51. The van der Waals surface area contributed by atoms with Gasteiger partial charge in [0, 0.05) is 50.9 Å². The maximum absolute atomic E-state index is 12.3. The van der Waals surface area contributed by atoms with Crippen LogP contribution in [-0.2, 0) is 6.42 Å². The third kappa shape index (κ3) is 4.39. The Morgan fingerprint density at radius 1 is 1.24 bits per heavy atom. The highest BCUT2D eigenvalue weighted by Crippen LogP contribution is 2.15. The highest BCUT2D eigenvalue weighted by Gasteiger charge is 2.21. The van der Waals surface area contributed by atoms with Crippen molar-refractivity contribution in [3.05, 3.63) is 47.9 Å². The summed E-state index contributed by atoms with van der Waals surface area (Å²) >= 11 is 0. The van der Waals surface area contributed by atoms with Crippen LogP contribution in [0.25, 0.3) is 0 Å². The Morgan fingerprint density at radius 3 is 2.64 bits per heavy atom. The topological polar surface area (TPSA) is 61.6 Å². The van der Waals surface area contributed by atoms with Gasteiger partial charge in [-0.2, -0.15) is 0 Å². The van der Waals surface area contributed by atoms with E-state index < -0.39 is 0 Å². The number of aryl methyl sites for hydroxylation is 1. The number of carbonyl (C=O) groups is 1. The van der Waals surface area contributed by atoms with Crippen LogP contribution >= 0.6 is 0 Å². The fourth-order valence-electron chi connectivity index (χ4n) is 3.27. The number of nitrogens with one attached hydrogen (secondary N) is 1. The lowest BCUT2D eigenvalue weighted by Gasteiger charge is -2.37. The molecule has 1 amide bonds. The monoisotopic (exact) mass is 342 g/mol. The van der Waals surface area contributed by atoms with Crippen molar-refractivity contribution in [2.45, 2.75) is 26.3 Å². The number of anilines is 1. The van der Waals surface area contributed by atoms with Crippen molar-refractivity contribution in [2.75, 3.05) is 37.6 Å². The summed E-state index contributed by atoms with van der Waals surface area (Å²) in [6.07, 6.45) is 2.16. The number of aromatic nitrogens is 1. The van der Waals surface area contributed by atoms with Crippen LogP contribution < -0.4 is 10.2 Å². The first kappa shape index (κ1) is 17.5. The second-order valence-corrected chi connectivity index (χ2v) is 6.51. The van der Waals surface area contributed by atoms with Gasteiger partial charge in [0.1, 0.15) is 11.3 Å². The predicted octanol–water partition coefficient (Wildman–Crippen LogP) is 2.18. The van der Waals surface area contributed by atoms with E-state index in [0.717, 1.165) is 32.7 Å². The molecule has 1 aromatic carbocycles. The average Bonchev–Trinajstić information content (AvgIpc) is 3.12. The fraction of sp³-hybridized carbons (Fsp3) is 0.474. The van der Waals surface area contributed by atoms with Crippen molar-refractivity contribution in [3.8, 4) is 0 Å². The maximum Gasteiger partial charge on any atom is 0.256 e. The number of benzene rings is 1. The molecule has 6 heteroatoms. The normalized spacial score (nSPS) is 16.6. The largest absolute Gasteiger partial charge is 0.369 e. The minimum atomic E-state index is -0.103. The molecule has 1 N–H and O–H groups in total. The zero-order chi connectivity index (χ0) is 17.6. The van der Waals surface area contributed by atoms with E-state index in [1.54, 1.807) is 0 Å². The van der Waals surface area contributed by atoms with E-state index in [0.29, 0.717) is 17.7 Å². The summed E-state index contributed by atoms with van der Waals surface area (Å²) in [5.74, 6) is 0.537. The number of para-hydroxylation sites is 1. The predicted molar refractivity (Wildman–Crippen MR) is 97.9 cm³/mol. The Morgan fingerprint density at radius 2 is 1.96 bits per heavy atom. The summed E-state index contributed by atoms with van der Waals surface area (Å²) in [5, 5.41) is 6.78. The molecule has 1 aliphatic heterocycles. The quantitative estimate of drug-likeness (QED) is 0.872. The summed E-state index contributed by atoms with van der Waals surface area (Å²) in [7, 11) is 0. The van der Waals surface area contributed by atoms with Gasteiger partial charge in [-0.3, -0.25) is 9.69 Å². The molecule has 25 heavy (non-hydrogen) atoms. The molecule has 1 unspecified atom stereocenters. The van der Waals surface area contributed by atoms with Crippen LogP contribution in [-0.4, -0.2) is 54.7 Å². The van der Waals surface area contributed by atoms with Gasteiger partial charge < -0.3 is 14.7 Å². The van der Waals surface area contributed by atoms with Crippen LogP contribution in [0.15, 0.2) is 41.1 Å². The van der Waals surface area contributed by atoms with Crippen molar-refractivity contribution >= 4 is 11.6 Å². The second kappa shape index (κ2) is 8.16. The first-order chi connectivity index (χ1) is 12.2. The number of hydrogen-bond acceptors (Lipinski definition) is 5. The van der Waals surface area contributed by atoms with E-state index >= 15 is 0 Å². The van der Waals surface area contributed by atoms with E-state index in [1.807, 2.05) is 19.9 Å². The Hall–Kier alpha value is -2.34. The van der Waals surface area contributed by atoms with Crippen LogP contribution in [0.1, 0.15) is 30.0 Å². The van der Waals surface area contributed by atoms with E-state index in [4.69, 9.17) is 4.52 Å². The smallest absolute Gasteiger partial charge is 0.256 e. The van der Waals surface area contributed by atoms with Crippen molar-refractivity contribution in [2.24, 2.45) is 0 Å². The lowest BCUT2D eigenvalue weighted by molar-refractivity contribution is 0.0926. The molecule has 0 saturated carbocycles. The zero-order valence-electron chi connectivity index (χ0n) is 14.9. The molecular formula is C19H26N4O2. The van der Waals surface area contributed by atoms with Crippen LogP contribution in [0.5, 0.6) is 0 Å². The summed E-state index contributed by atoms with van der Waals surface area (Å²) < 4.78 is 5.09. The summed E-state index contributed by atoms with van der Waals surface area (Å²) in [5.41, 5.74) is 1.83. The van der Waals surface area contributed by atoms with Gasteiger partial charge in [-0.05, 0) is 19.1 Å². The van der Waals surface area contributed by atoms with E-state index in [1.165, 1.54) is 11.9 Å². The SMILES string of the molecule is CCc1oncc1C(=O)NC(C)CN1CCN(c2ccccc2)CC1. The molecule has 1 aliphatic rings. The highest BCUT2D eigenvalue weighted by molar-refractivity contribution is 5.95. The van der Waals surface area contributed by atoms with Crippen LogP contribution in [0.4, 0.5) is 5.69 Å². The standard InChI is InChI=1S/C19H26N4O2/c1-3-18-17(13-20-25-18)19(24)21-15(2)14-22-9-11-23(12-10-22)16-7-5-4-6-8-16/h4-8,13,15H,3,9-12,14H2,1-2H3,(H,21,24). The molecule has 2 heterocycles. The molecule has 1 atom stereocenters. The Balaban J connectivity index is 1.46. The highest BCUT2D eigenvalue weighted by atomic mass is 16.5. The van der Waals surface area contributed by atoms with Crippen LogP contribution in [0, 0.1) is 0 Å². The van der Waals surface area contributed by atoms with Crippen molar-refractivity contribution in [1.29, 1.82) is 0 Å². The van der Waals surface area contributed by atoms with Crippen LogP contribution in [0.2, 0.25) is 0 Å². The molecule has 0 radical (unpaired) electrons. The number of amides is 1. The molecule has 0 aliphatic carbocycles. The molecule has 0 bridgehead atoms. The van der Waals surface area contributed by atoms with Gasteiger partial charge in [-0.1, -0.05) is 30.3 Å². The first-order valence-corrected chi connectivity index (χ1v) is 8.94. The fourth-order valence-corrected chi connectivity index (χ4v) is 3.27. The molecular weight excluding hydrogens is 316 g/mol. The Kier molecular flexibility index (Phi) is 5.71. The van der Waals surface area contributed by atoms with E-state index in [2.05, 4.69) is 44.5 Å². The number of nitrogens with zero attached hydrogens (tertiary/aromatic N) is 3. The number of piperazine rings is 1. The Labute approximate surface area is 148 Å². The summed E-state index contributed by atoms with van der Waals surface area (Å²) in [4.78, 5) is 17.1. The summed E-state index contributed by atoms with van der Waals surface area (Å²) in [6.45, 7) is 8.87. The molecule has 134 valence electrons. The van der Waals surface area contributed by atoms with E-state index in [9.17, 15) is 4.79 Å². The van der Waals surface area contributed by atoms with Crippen molar-refractivity contribution in [1.82, 2.24) is 15.4 Å². The van der Waals surface area contributed by atoms with Gasteiger partial charge in [0.15, 0.2) is 0 Å². The molecule has 1 aromatic heterocycles. The third-order valence-corrected chi connectivity index (χ3v) is 4.61. The molecule has 2 aromatic rings. The average molecular weight is 342 g/mol. The first-order valence-electron chi connectivity index (χ1n) is 8.94. The Bertz CT molecular complexity index is 678. The van der Waals surface area contributed by atoms with Crippen molar-refractivity contribution < 1.29 is 9.32 Å². The number of rotatable bonds is 6. The van der Waals surface area contributed by atoms with Gasteiger partial charge in [0.25, 0.3) is 5.91 Å². The molecule has 3 rings (SSSR count). The van der Waals surface area contributed by atoms with Gasteiger partial charge in [0.05, 0.1) is 6.20 Å². The number of carbonyl (C=O) groups excluding carboxylic acids is 1. The lowest BCUT2D eigenvalue weighted by Crippen LogP contribution is -2.50. The van der Waals surface area contributed by atoms with Gasteiger partial charge in [-0.25, -0.2) is 0 Å². The lowest BCUT2D eigenvalue weighted by atomic mass is 10.2. The number of hydrogen-bond donors (Lipinski definition) is 1. The third-order valence-electron chi connectivity index (χ3n) is 4.61. The van der Waals surface area contributed by atoms with Crippen molar-refractivity contribution in [3.63, 3.8) is 0 Å². The van der Waals surface area contributed by atoms with Gasteiger partial charge >= 0.3 is 0 Å². The van der Waals surface area contributed by atoms with Gasteiger partial charge in [0.2, 0.25) is 0 Å². The minimum Gasteiger partial charge on any atom is -0.369 e. The minimum absolute atomic E-state index is 0.0791. The van der Waals surface area contributed by atoms with Gasteiger partial charge in [-0.15, -0.1) is 0 Å². The molecule has 1 saturated heterocycles. The van der Waals surface area contributed by atoms with Crippen LogP contribution in [0.3, 0.4) is 0 Å². The molecule has 6 nitrogen and oxygen atoms in total.